The molecule has 0 heterocycles. The van der Waals surface area contributed by atoms with Crippen molar-refractivity contribution in [1.82, 2.24) is 0 Å². The number of rotatable bonds is 3. The number of alkyl halides is 3. The van der Waals surface area contributed by atoms with Crippen LogP contribution in [0, 0.1) is 0 Å². The van der Waals surface area contributed by atoms with Crippen molar-refractivity contribution in [3.8, 4) is 0 Å². The SMILES string of the molecule is CCC(N)c1cc(Cl)cc(C(C)(C)C(F)(F)F)c1. The molecule has 102 valence electrons. The van der Waals surface area contributed by atoms with E-state index in [-0.39, 0.29) is 16.6 Å². The van der Waals surface area contributed by atoms with Crippen molar-refractivity contribution in [3.05, 3.63) is 34.3 Å². The van der Waals surface area contributed by atoms with Gasteiger partial charge in [-0.15, -0.1) is 0 Å². The number of hydrogen-bond donors (Lipinski definition) is 1. The molecule has 0 bridgehead atoms. The van der Waals surface area contributed by atoms with Gasteiger partial charge in [-0.25, -0.2) is 0 Å². The van der Waals surface area contributed by atoms with Crippen LogP contribution in [0.4, 0.5) is 13.2 Å². The van der Waals surface area contributed by atoms with Gasteiger partial charge in [-0.05, 0) is 43.5 Å². The monoisotopic (exact) mass is 279 g/mol. The molecule has 0 radical (unpaired) electrons. The van der Waals surface area contributed by atoms with Crippen LogP contribution >= 0.6 is 11.6 Å². The Kier molecular flexibility index (Phi) is 4.34. The quantitative estimate of drug-likeness (QED) is 0.860. The Labute approximate surface area is 110 Å². The average Bonchev–Trinajstić information content (AvgIpc) is 2.25. The van der Waals surface area contributed by atoms with Crippen molar-refractivity contribution in [3.63, 3.8) is 0 Å². The molecule has 1 atom stereocenters. The van der Waals surface area contributed by atoms with Crippen molar-refractivity contribution in [2.75, 3.05) is 0 Å². The lowest BCUT2D eigenvalue weighted by atomic mass is 9.82. The standard InChI is InChI=1S/C13H17ClF3N/c1-4-11(18)8-5-9(7-10(14)6-8)12(2,3)13(15,16)17/h5-7,11H,4,18H2,1-3H3. The first-order valence-corrected chi connectivity index (χ1v) is 6.10. The van der Waals surface area contributed by atoms with Crippen molar-refractivity contribution in [2.24, 2.45) is 5.73 Å². The summed E-state index contributed by atoms with van der Waals surface area (Å²) >= 11 is 5.88. The summed E-state index contributed by atoms with van der Waals surface area (Å²) in [7, 11) is 0. The first-order chi connectivity index (χ1) is 8.09. The molecule has 0 saturated carbocycles. The molecular formula is C13H17ClF3N. The zero-order valence-electron chi connectivity index (χ0n) is 10.6. The summed E-state index contributed by atoms with van der Waals surface area (Å²) in [5.41, 5.74) is 4.68. The largest absolute Gasteiger partial charge is 0.397 e. The first-order valence-electron chi connectivity index (χ1n) is 5.73. The highest BCUT2D eigenvalue weighted by molar-refractivity contribution is 6.30. The molecule has 1 nitrogen and oxygen atoms in total. The molecule has 0 aliphatic carbocycles. The predicted octanol–water partition coefficient (Wildman–Crippen LogP) is 4.59. The molecular weight excluding hydrogens is 263 g/mol. The fourth-order valence-electron chi connectivity index (χ4n) is 1.59. The Morgan fingerprint density at radius 3 is 2.22 bits per heavy atom. The van der Waals surface area contributed by atoms with Gasteiger partial charge in [0.2, 0.25) is 0 Å². The van der Waals surface area contributed by atoms with Gasteiger partial charge in [0.25, 0.3) is 0 Å². The Morgan fingerprint density at radius 1 is 1.22 bits per heavy atom. The van der Waals surface area contributed by atoms with Gasteiger partial charge in [0.1, 0.15) is 0 Å². The average molecular weight is 280 g/mol. The van der Waals surface area contributed by atoms with Crippen molar-refractivity contribution in [1.29, 1.82) is 0 Å². The van der Waals surface area contributed by atoms with Crippen LogP contribution in [-0.2, 0) is 5.41 Å². The third kappa shape index (κ3) is 2.98. The maximum Gasteiger partial charge on any atom is 0.397 e. The van der Waals surface area contributed by atoms with E-state index in [4.69, 9.17) is 17.3 Å². The van der Waals surface area contributed by atoms with Gasteiger partial charge in [-0.1, -0.05) is 24.6 Å². The van der Waals surface area contributed by atoms with Crippen LogP contribution in [0.15, 0.2) is 18.2 Å². The minimum Gasteiger partial charge on any atom is -0.324 e. The van der Waals surface area contributed by atoms with Crippen molar-refractivity contribution < 1.29 is 13.2 Å². The van der Waals surface area contributed by atoms with Crippen LogP contribution < -0.4 is 5.73 Å². The second-order valence-corrected chi connectivity index (χ2v) is 5.35. The van der Waals surface area contributed by atoms with E-state index >= 15 is 0 Å². The van der Waals surface area contributed by atoms with E-state index in [0.717, 1.165) is 13.8 Å². The summed E-state index contributed by atoms with van der Waals surface area (Å²) in [6.45, 7) is 4.15. The molecule has 1 rings (SSSR count). The lowest BCUT2D eigenvalue weighted by molar-refractivity contribution is -0.180. The second-order valence-electron chi connectivity index (χ2n) is 4.91. The van der Waals surface area contributed by atoms with E-state index in [2.05, 4.69) is 0 Å². The third-order valence-electron chi connectivity index (χ3n) is 3.22. The molecule has 0 aliphatic heterocycles. The van der Waals surface area contributed by atoms with Crippen LogP contribution in [-0.4, -0.2) is 6.18 Å². The second kappa shape index (κ2) is 5.10. The molecule has 2 N–H and O–H groups in total. The van der Waals surface area contributed by atoms with Crippen molar-refractivity contribution >= 4 is 11.6 Å². The molecule has 1 aromatic carbocycles. The highest BCUT2D eigenvalue weighted by Gasteiger charge is 2.48. The van der Waals surface area contributed by atoms with E-state index < -0.39 is 11.6 Å². The molecule has 5 heteroatoms. The first kappa shape index (κ1) is 15.3. The molecule has 0 aliphatic rings. The zero-order valence-corrected chi connectivity index (χ0v) is 11.4. The Bertz CT molecular complexity index is 427. The highest BCUT2D eigenvalue weighted by Crippen LogP contribution is 2.41. The van der Waals surface area contributed by atoms with Gasteiger partial charge in [0.05, 0.1) is 5.41 Å². The molecule has 0 amide bonds. The van der Waals surface area contributed by atoms with Crippen LogP contribution in [0.5, 0.6) is 0 Å². The topological polar surface area (TPSA) is 26.0 Å². The summed E-state index contributed by atoms with van der Waals surface area (Å²) < 4.78 is 39.0. The minimum absolute atomic E-state index is 0.140. The number of benzene rings is 1. The van der Waals surface area contributed by atoms with Gasteiger partial charge >= 0.3 is 6.18 Å². The van der Waals surface area contributed by atoms with Gasteiger partial charge in [-0.3, -0.25) is 0 Å². The molecule has 1 aromatic rings. The fourth-order valence-corrected chi connectivity index (χ4v) is 1.83. The van der Waals surface area contributed by atoms with Gasteiger partial charge < -0.3 is 5.73 Å². The number of nitrogens with two attached hydrogens (primary N) is 1. The molecule has 0 aromatic heterocycles. The van der Waals surface area contributed by atoms with E-state index in [9.17, 15) is 13.2 Å². The van der Waals surface area contributed by atoms with Crippen LogP contribution in [0.2, 0.25) is 5.02 Å². The lowest BCUT2D eigenvalue weighted by Crippen LogP contribution is -2.36. The maximum absolute atomic E-state index is 13.0. The summed E-state index contributed by atoms with van der Waals surface area (Å²) in [6, 6.07) is 4.16. The molecule has 0 fully saturated rings. The predicted molar refractivity (Wildman–Crippen MR) is 67.8 cm³/mol. The Hall–Kier alpha value is -0.740. The minimum atomic E-state index is -4.33. The molecule has 1 unspecified atom stereocenters. The number of hydrogen-bond acceptors (Lipinski definition) is 1. The lowest BCUT2D eigenvalue weighted by Gasteiger charge is -2.29. The molecule has 0 spiro atoms. The highest BCUT2D eigenvalue weighted by atomic mass is 35.5. The Balaban J connectivity index is 3.30. The van der Waals surface area contributed by atoms with Crippen LogP contribution in [0.1, 0.15) is 44.4 Å². The van der Waals surface area contributed by atoms with Crippen molar-refractivity contribution in [2.45, 2.75) is 44.8 Å². The van der Waals surface area contributed by atoms with Gasteiger partial charge in [0, 0.05) is 11.1 Å². The Morgan fingerprint density at radius 2 is 1.78 bits per heavy atom. The zero-order chi connectivity index (χ0) is 14.1. The van der Waals surface area contributed by atoms with Gasteiger partial charge in [-0.2, -0.15) is 13.2 Å². The normalized spacial score (nSPS) is 14.7. The molecule has 0 saturated heterocycles. The van der Waals surface area contributed by atoms with Gasteiger partial charge in [0.15, 0.2) is 0 Å². The third-order valence-corrected chi connectivity index (χ3v) is 3.44. The summed E-state index contributed by atoms with van der Waals surface area (Å²) in [6.07, 6.45) is -3.68. The van der Waals surface area contributed by atoms with Crippen LogP contribution in [0.25, 0.3) is 0 Å². The smallest absolute Gasteiger partial charge is 0.324 e. The maximum atomic E-state index is 13.0. The van der Waals surface area contributed by atoms with Crippen LogP contribution in [0.3, 0.4) is 0 Å². The van der Waals surface area contributed by atoms with E-state index in [1.807, 2.05) is 6.92 Å². The summed E-state index contributed by atoms with van der Waals surface area (Å²) in [5, 5.41) is 0.281. The van der Waals surface area contributed by atoms with E-state index in [0.29, 0.717) is 12.0 Å². The number of halogens is 4. The summed E-state index contributed by atoms with van der Waals surface area (Å²) in [4.78, 5) is 0. The molecule has 18 heavy (non-hydrogen) atoms. The van der Waals surface area contributed by atoms with E-state index in [1.165, 1.54) is 12.1 Å². The summed E-state index contributed by atoms with van der Waals surface area (Å²) in [5.74, 6) is 0. The van der Waals surface area contributed by atoms with E-state index in [1.54, 1.807) is 6.07 Å². The fraction of sp³-hybridized carbons (Fsp3) is 0.538.